The number of rotatable bonds is 4. The molecular formula is C16H11KN4O5. The minimum Gasteiger partial charge on any atom is -0.543 e. The smallest absolute Gasteiger partial charge is 0.543 e. The van der Waals surface area contributed by atoms with Crippen LogP contribution in [0.4, 0.5) is 5.69 Å². The second-order valence-corrected chi connectivity index (χ2v) is 4.96. The molecule has 0 aliphatic rings. The number of carboxylic acids is 1. The summed E-state index contributed by atoms with van der Waals surface area (Å²) in [6.45, 7) is 0. The van der Waals surface area contributed by atoms with Gasteiger partial charge in [-0.05, 0) is 18.2 Å². The molecule has 9 nitrogen and oxygen atoms in total. The Morgan fingerprint density at radius 3 is 2.62 bits per heavy atom. The molecular weight excluding hydrogens is 367 g/mol. The van der Waals surface area contributed by atoms with Crippen molar-refractivity contribution in [1.29, 1.82) is 0 Å². The van der Waals surface area contributed by atoms with Crippen molar-refractivity contribution < 1.29 is 75.6 Å². The Labute approximate surface area is 189 Å². The van der Waals surface area contributed by atoms with Gasteiger partial charge in [-0.15, -0.1) is 0 Å². The Hall–Kier alpha value is -2.11. The second kappa shape index (κ2) is 8.51. The zero-order chi connectivity index (χ0) is 18.0. The van der Waals surface area contributed by atoms with Crippen molar-refractivity contribution in [1.82, 2.24) is 15.0 Å². The van der Waals surface area contributed by atoms with Crippen LogP contribution in [0.25, 0.3) is 11.0 Å². The molecule has 0 aliphatic carbocycles. The Morgan fingerprint density at radius 2 is 1.92 bits per heavy atom. The van der Waals surface area contributed by atoms with Crippen molar-refractivity contribution in [3.8, 4) is 0 Å². The Balaban J connectivity index is 0.00000243. The predicted molar refractivity (Wildman–Crippen MR) is 84.0 cm³/mol. The van der Waals surface area contributed by atoms with E-state index in [-0.39, 0.29) is 84.9 Å². The van der Waals surface area contributed by atoms with Gasteiger partial charge in [-0.2, -0.15) is 0 Å². The van der Waals surface area contributed by atoms with Gasteiger partial charge in [0.05, 0.1) is 29.8 Å². The zero-order valence-electron chi connectivity index (χ0n) is 13.9. The third-order valence-corrected chi connectivity index (χ3v) is 3.45. The Kier molecular flexibility index (Phi) is 6.61. The average Bonchev–Trinajstić information content (AvgIpc) is 3.03. The molecule has 26 heavy (non-hydrogen) atoms. The van der Waals surface area contributed by atoms with Crippen LogP contribution in [0.2, 0.25) is 0 Å². The van der Waals surface area contributed by atoms with Gasteiger partial charge in [-0.25, -0.2) is 14.8 Å². The van der Waals surface area contributed by atoms with Gasteiger partial charge in [0.2, 0.25) is 0 Å². The molecule has 3 aromatic rings. The number of nitrogens with zero attached hydrogens (tertiary/aromatic N) is 2. The molecule has 0 spiro atoms. The van der Waals surface area contributed by atoms with Crippen LogP contribution in [-0.4, -0.2) is 39.9 Å². The second-order valence-electron chi connectivity index (χ2n) is 4.96. The maximum absolute atomic E-state index is 12.4. The average molecular weight is 378 g/mol. The molecule has 2 N–H and O–H groups in total. The van der Waals surface area contributed by atoms with Crippen LogP contribution < -0.4 is 61.8 Å². The van der Waals surface area contributed by atoms with E-state index >= 15 is 0 Å². The number of carbonyl (C=O) groups is 3. The van der Waals surface area contributed by atoms with Gasteiger partial charge in [0.25, 0.3) is 5.91 Å². The van der Waals surface area contributed by atoms with Crippen LogP contribution in [0.15, 0.2) is 36.8 Å². The molecule has 0 fully saturated rings. The summed E-state index contributed by atoms with van der Waals surface area (Å²) in [5, 5.41) is 13.7. The normalized spacial score (nSPS) is 10.0. The number of aromatic nitrogens is 3. The molecule has 2 aromatic heterocycles. The number of aromatic amines is 1. The molecule has 0 aliphatic heterocycles. The summed E-state index contributed by atoms with van der Waals surface area (Å²) in [7, 11) is 1.25. The number of benzene rings is 1. The van der Waals surface area contributed by atoms with E-state index < -0.39 is 17.8 Å². The molecule has 2 heterocycles. The van der Waals surface area contributed by atoms with Gasteiger partial charge >= 0.3 is 57.4 Å². The number of ether oxygens (including phenoxy) is 1. The summed E-state index contributed by atoms with van der Waals surface area (Å²) in [6, 6.07) is 5.98. The van der Waals surface area contributed by atoms with Crippen molar-refractivity contribution in [3.05, 3.63) is 53.6 Å². The van der Waals surface area contributed by atoms with Gasteiger partial charge in [0.15, 0.2) is 0 Å². The quantitative estimate of drug-likeness (QED) is 0.374. The zero-order valence-corrected chi connectivity index (χ0v) is 17.0. The van der Waals surface area contributed by atoms with Crippen molar-refractivity contribution in [2.24, 2.45) is 0 Å². The van der Waals surface area contributed by atoms with Crippen molar-refractivity contribution >= 4 is 34.6 Å². The van der Waals surface area contributed by atoms with E-state index in [9.17, 15) is 19.5 Å². The number of hydrogen-bond donors (Lipinski definition) is 2. The van der Waals surface area contributed by atoms with Gasteiger partial charge < -0.3 is 24.9 Å². The van der Waals surface area contributed by atoms with Gasteiger partial charge in [-0.1, -0.05) is 6.07 Å². The third-order valence-electron chi connectivity index (χ3n) is 3.45. The molecule has 0 saturated carbocycles. The summed E-state index contributed by atoms with van der Waals surface area (Å²) >= 11 is 0. The first kappa shape index (κ1) is 20.2. The van der Waals surface area contributed by atoms with E-state index in [1.54, 1.807) is 6.07 Å². The maximum Gasteiger partial charge on any atom is 1.00 e. The Morgan fingerprint density at radius 1 is 1.19 bits per heavy atom. The van der Waals surface area contributed by atoms with Crippen LogP contribution in [-0.2, 0) is 4.74 Å². The number of amides is 1. The summed E-state index contributed by atoms with van der Waals surface area (Å²) in [5.74, 6) is -2.52. The molecule has 1 aromatic carbocycles. The number of fused-ring (bicyclic) bond motifs is 1. The fourth-order valence-electron chi connectivity index (χ4n) is 2.29. The number of H-pyrrole nitrogens is 1. The van der Waals surface area contributed by atoms with Crippen LogP contribution >= 0.6 is 0 Å². The maximum atomic E-state index is 12.4. The first-order valence-electron chi connectivity index (χ1n) is 7.04. The monoisotopic (exact) mass is 378 g/mol. The Bertz CT molecular complexity index is 1000. The summed E-state index contributed by atoms with van der Waals surface area (Å²) in [6.07, 6.45) is 2.46. The van der Waals surface area contributed by atoms with Crippen molar-refractivity contribution in [2.75, 3.05) is 12.4 Å². The number of carbonyl (C=O) groups excluding carboxylic acids is 3. The first-order chi connectivity index (χ1) is 12.0. The molecule has 0 radical (unpaired) electrons. The van der Waals surface area contributed by atoms with E-state index in [1.807, 2.05) is 0 Å². The number of aromatic carboxylic acids is 1. The molecule has 126 valence electrons. The van der Waals surface area contributed by atoms with Crippen LogP contribution in [0, 0.1) is 0 Å². The molecule has 0 atom stereocenters. The summed E-state index contributed by atoms with van der Waals surface area (Å²) < 4.78 is 4.62. The third kappa shape index (κ3) is 4.00. The van der Waals surface area contributed by atoms with E-state index in [2.05, 4.69) is 25.0 Å². The summed E-state index contributed by atoms with van der Waals surface area (Å²) in [5.41, 5.74) is 0.793. The van der Waals surface area contributed by atoms with Gasteiger partial charge in [-0.3, -0.25) is 4.79 Å². The molecule has 3 rings (SSSR count). The number of methoxy groups -OCH3 is 1. The van der Waals surface area contributed by atoms with Crippen LogP contribution in [0.3, 0.4) is 0 Å². The van der Waals surface area contributed by atoms with Gasteiger partial charge in [0, 0.05) is 11.8 Å². The largest absolute Gasteiger partial charge is 1.00 e. The van der Waals surface area contributed by atoms with Crippen LogP contribution in [0.1, 0.15) is 31.2 Å². The van der Waals surface area contributed by atoms with Gasteiger partial charge in [0.1, 0.15) is 17.5 Å². The van der Waals surface area contributed by atoms with E-state index in [0.717, 1.165) is 6.33 Å². The van der Waals surface area contributed by atoms with Crippen molar-refractivity contribution in [3.63, 3.8) is 0 Å². The number of anilines is 1. The minimum atomic E-state index is -1.46. The predicted octanol–water partition coefficient (Wildman–Crippen LogP) is -2.64. The van der Waals surface area contributed by atoms with E-state index in [1.165, 1.54) is 31.5 Å². The fourth-order valence-corrected chi connectivity index (χ4v) is 2.29. The SMILES string of the molecule is COC(=O)c1cccc(C(=O)Nc2c[nH]c3c(C(=O)[O-])ncnc23)c1.[K+]. The fraction of sp³-hybridized carbons (Fsp3) is 0.0625. The summed E-state index contributed by atoms with van der Waals surface area (Å²) in [4.78, 5) is 45.3. The minimum absolute atomic E-state index is 0. The molecule has 0 bridgehead atoms. The van der Waals surface area contributed by atoms with E-state index in [0.29, 0.717) is 0 Å². The number of hydrogen-bond acceptors (Lipinski definition) is 7. The first-order valence-corrected chi connectivity index (χ1v) is 7.04. The van der Waals surface area contributed by atoms with Crippen LogP contribution in [0.5, 0.6) is 0 Å². The molecule has 1 amide bonds. The van der Waals surface area contributed by atoms with Crippen molar-refractivity contribution in [2.45, 2.75) is 0 Å². The standard InChI is InChI=1S/C16H12N4O5.K/c1-25-16(24)9-4-2-3-8(5-9)14(21)20-10-6-17-12-11(10)18-7-19-13(12)15(22)23;/h2-7,17H,1H3,(H,20,21)(H,22,23);/q;+1/p-1. The van der Waals surface area contributed by atoms with E-state index in [4.69, 9.17) is 0 Å². The molecule has 0 unspecified atom stereocenters. The number of nitrogens with one attached hydrogen (secondary N) is 2. The number of esters is 1. The topological polar surface area (TPSA) is 137 Å². The molecule has 10 heteroatoms. The molecule has 0 saturated heterocycles. The number of carboxylic acid groups (broad SMARTS) is 1.